The first-order valence-electron chi connectivity index (χ1n) is 23.3. The van der Waals surface area contributed by atoms with E-state index in [1.54, 1.807) is 12.1 Å². The SMILES string of the molecule is Cc1cnc(-c2ccc(-n3cnc(C4CC4)c3)cc2)nc1Nc1ccc2c(c1)C(C)(C)CN(c1cc(N(C)/C=C(\N)C3CC3)ccc1C1=NC(Nc3ccc4c(c3)CCNC4=O)=C(F)CN1)C2=O. The summed E-state index contributed by atoms with van der Waals surface area (Å²) in [6, 6.07) is 25.2. The smallest absolute Gasteiger partial charge is 0.258 e. The number of nitrogens with one attached hydrogen (secondary N) is 4. The van der Waals surface area contributed by atoms with Gasteiger partial charge in [-0.15, -0.1) is 0 Å². The predicted molar refractivity (Wildman–Crippen MR) is 264 cm³/mol. The molecule has 5 aliphatic rings. The Hall–Kier alpha value is -7.81. The van der Waals surface area contributed by atoms with E-state index in [1.807, 2.05) is 97.1 Å². The van der Waals surface area contributed by atoms with Crippen LogP contribution >= 0.6 is 0 Å². The van der Waals surface area contributed by atoms with Gasteiger partial charge >= 0.3 is 0 Å². The average molecular weight is 909 g/mol. The summed E-state index contributed by atoms with van der Waals surface area (Å²) >= 11 is 0. The number of amides is 2. The number of aliphatic imine (C=N–C) groups is 1. The Kier molecular flexibility index (Phi) is 10.6. The van der Waals surface area contributed by atoms with Gasteiger partial charge in [-0.2, -0.15) is 0 Å². The molecule has 6 N–H and O–H groups in total. The highest BCUT2D eigenvalue weighted by Crippen LogP contribution is 2.42. The molecule has 68 heavy (non-hydrogen) atoms. The Labute approximate surface area is 394 Å². The lowest BCUT2D eigenvalue weighted by atomic mass is 9.77. The van der Waals surface area contributed by atoms with Gasteiger partial charge in [-0.1, -0.05) is 13.8 Å². The minimum Gasteiger partial charge on any atom is -0.401 e. The quantitative estimate of drug-likeness (QED) is 0.0800. The highest BCUT2D eigenvalue weighted by Gasteiger charge is 2.39. The van der Waals surface area contributed by atoms with Crippen molar-refractivity contribution in [3.63, 3.8) is 0 Å². The van der Waals surface area contributed by atoms with Gasteiger partial charge in [-0.3, -0.25) is 9.59 Å². The molecule has 4 aromatic carbocycles. The maximum Gasteiger partial charge on any atom is 0.258 e. The van der Waals surface area contributed by atoms with Gasteiger partial charge in [0.05, 0.1) is 24.3 Å². The highest BCUT2D eigenvalue weighted by molar-refractivity contribution is 6.14. The van der Waals surface area contributed by atoms with Gasteiger partial charge in [-0.05, 0) is 135 Å². The molecule has 0 spiro atoms. The number of aryl methyl sites for hydroxylation is 1. The van der Waals surface area contributed by atoms with Gasteiger partial charge in [0.25, 0.3) is 11.8 Å². The van der Waals surface area contributed by atoms with Crippen molar-refractivity contribution in [1.82, 2.24) is 30.2 Å². The summed E-state index contributed by atoms with van der Waals surface area (Å²) in [4.78, 5) is 50.1. The summed E-state index contributed by atoms with van der Waals surface area (Å²) in [5.74, 6) is 1.95. The summed E-state index contributed by atoms with van der Waals surface area (Å²) in [7, 11) is 1.95. The number of fused-ring (bicyclic) bond motifs is 2. The van der Waals surface area contributed by atoms with E-state index in [1.165, 1.54) is 12.8 Å². The number of benzene rings is 4. The Bertz CT molecular complexity index is 3130. The summed E-state index contributed by atoms with van der Waals surface area (Å²) in [5, 5.41) is 12.7. The molecule has 5 heterocycles. The lowest BCUT2D eigenvalue weighted by molar-refractivity contribution is 0.0943. The van der Waals surface area contributed by atoms with E-state index in [-0.39, 0.29) is 24.2 Å². The molecule has 0 atom stereocenters. The summed E-state index contributed by atoms with van der Waals surface area (Å²) in [6.07, 6.45) is 13.0. The first-order chi connectivity index (χ1) is 32.8. The molecule has 0 radical (unpaired) electrons. The summed E-state index contributed by atoms with van der Waals surface area (Å²) in [6.45, 7) is 7.02. The van der Waals surface area contributed by atoms with Crippen molar-refractivity contribution in [3.05, 3.63) is 160 Å². The van der Waals surface area contributed by atoms with Crippen LogP contribution in [0.5, 0.6) is 0 Å². The number of halogens is 1. The lowest BCUT2D eigenvalue weighted by Gasteiger charge is -2.40. The monoisotopic (exact) mass is 908 g/mol. The molecule has 2 aliphatic carbocycles. The number of nitrogens with two attached hydrogens (primary N) is 1. The van der Waals surface area contributed by atoms with E-state index >= 15 is 4.39 Å². The van der Waals surface area contributed by atoms with Crippen molar-refractivity contribution >= 4 is 46.2 Å². The zero-order chi connectivity index (χ0) is 46.8. The van der Waals surface area contributed by atoms with Gasteiger partial charge in [-0.25, -0.2) is 24.3 Å². The highest BCUT2D eigenvalue weighted by atomic mass is 19.1. The number of carbonyl (C=O) groups is 2. The maximum atomic E-state index is 15.6. The van der Waals surface area contributed by atoms with Crippen LogP contribution in [0.3, 0.4) is 0 Å². The summed E-state index contributed by atoms with van der Waals surface area (Å²) < 4.78 is 17.7. The molecule has 2 amide bonds. The third-order valence-electron chi connectivity index (χ3n) is 13.5. The summed E-state index contributed by atoms with van der Waals surface area (Å²) in [5.41, 5.74) is 17.2. The van der Waals surface area contributed by atoms with Crippen LogP contribution in [-0.2, 0) is 11.8 Å². The van der Waals surface area contributed by atoms with Gasteiger partial charge in [0.1, 0.15) is 11.7 Å². The normalized spacial score (nSPS) is 17.8. The van der Waals surface area contributed by atoms with Gasteiger partial charge in [0.2, 0.25) is 0 Å². The van der Waals surface area contributed by atoms with E-state index in [4.69, 9.17) is 15.7 Å². The average Bonchev–Trinajstić information content (AvgIpc) is 4.30. The Morgan fingerprint density at radius 1 is 0.912 bits per heavy atom. The number of nitrogens with zero attached hydrogens (tertiary/aromatic N) is 7. The van der Waals surface area contributed by atoms with Crippen molar-refractivity contribution in [3.8, 4) is 17.1 Å². The molecule has 15 heteroatoms. The number of hydrogen-bond donors (Lipinski definition) is 5. The molecule has 11 rings (SSSR count). The third-order valence-corrected chi connectivity index (χ3v) is 13.5. The number of hydrogen-bond acceptors (Lipinski definition) is 11. The second-order valence-electron chi connectivity index (χ2n) is 19.2. The van der Waals surface area contributed by atoms with Crippen LogP contribution in [0.4, 0.5) is 33.0 Å². The van der Waals surface area contributed by atoms with Crippen molar-refractivity contribution in [2.24, 2.45) is 16.6 Å². The fourth-order valence-corrected chi connectivity index (χ4v) is 9.29. The number of amidine groups is 1. The van der Waals surface area contributed by atoms with Crippen molar-refractivity contribution in [2.75, 3.05) is 47.1 Å². The molecule has 6 aromatic rings. The molecule has 0 unspecified atom stereocenters. The molecule has 2 aromatic heterocycles. The first-order valence-corrected chi connectivity index (χ1v) is 23.3. The van der Waals surface area contributed by atoms with E-state index in [0.29, 0.717) is 76.9 Å². The van der Waals surface area contributed by atoms with Crippen LogP contribution in [0.15, 0.2) is 126 Å². The maximum absolute atomic E-state index is 15.6. The first kappa shape index (κ1) is 42.8. The molecular weight excluding hydrogens is 856 g/mol. The van der Waals surface area contributed by atoms with Crippen LogP contribution in [0.25, 0.3) is 17.1 Å². The van der Waals surface area contributed by atoms with Crippen LogP contribution < -0.4 is 36.8 Å². The minimum absolute atomic E-state index is 0.0542. The zero-order valence-electron chi connectivity index (χ0n) is 38.5. The second-order valence-corrected chi connectivity index (χ2v) is 19.2. The van der Waals surface area contributed by atoms with Gasteiger partial charge < -0.3 is 41.4 Å². The van der Waals surface area contributed by atoms with Crippen LogP contribution in [0, 0.1) is 12.8 Å². The lowest BCUT2D eigenvalue weighted by Crippen LogP contribution is -2.48. The largest absolute Gasteiger partial charge is 0.401 e. The van der Waals surface area contributed by atoms with E-state index in [2.05, 4.69) is 68.0 Å². The second kappa shape index (κ2) is 16.8. The van der Waals surface area contributed by atoms with Crippen molar-refractivity contribution in [2.45, 2.75) is 64.2 Å². The Balaban J connectivity index is 0.887. The van der Waals surface area contributed by atoms with Crippen molar-refractivity contribution < 1.29 is 14.0 Å². The van der Waals surface area contributed by atoms with E-state index < -0.39 is 11.2 Å². The molecule has 2 saturated carbocycles. The number of carbonyl (C=O) groups excluding carboxylic acids is 2. The fraction of sp³-hybridized carbons (Fsp3) is 0.283. The van der Waals surface area contributed by atoms with Crippen LogP contribution in [0.1, 0.15) is 94.1 Å². The Morgan fingerprint density at radius 3 is 2.46 bits per heavy atom. The Morgan fingerprint density at radius 2 is 1.68 bits per heavy atom. The van der Waals surface area contributed by atoms with Gasteiger partial charge in [0, 0.05) is 106 Å². The van der Waals surface area contributed by atoms with Crippen LogP contribution in [-0.4, -0.2) is 63.9 Å². The topological polar surface area (TPSA) is 171 Å². The van der Waals surface area contributed by atoms with Crippen LogP contribution in [0.2, 0.25) is 0 Å². The molecule has 344 valence electrons. The number of anilines is 5. The molecular formula is C53H53FN12O2. The number of aromatic nitrogens is 4. The van der Waals surface area contributed by atoms with E-state index in [0.717, 1.165) is 63.5 Å². The van der Waals surface area contributed by atoms with E-state index in [9.17, 15) is 9.59 Å². The molecule has 3 aliphatic heterocycles. The standard InChI is InChI=1S/C53H53FN12O2/c1-30-24-57-48(33-9-13-37(14-10-33)65-27-45(59-29-65)32-7-8-32)62-47(30)60-36-12-17-40-42(22-36)53(2,3)28-66(52(40)68)46-23-38(64(4)26-44(55)31-5-6-31)15-18-41(46)49-58-25-43(54)50(63-49)61-35-11-16-39-34(21-35)19-20-56-51(39)67/h9-18,21-24,26-27,29,31-32,61H,5-8,19-20,25,28,55H2,1-4H3,(H,56,67)(H,58,63)(H,57,60,62)/b44-26-. The molecule has 0 saturated heterocycles. The fourth-order valence-electron chi connectivity index (χ4n) is 9.29. The third kappa shape index (κ3) is 8.33. The van der Waals surface area contributed by atoms with Crippen molar-refractivity contribution in [1.29, 1.82) is 0 Å². The zero-order valence-corrected chi connectivity index (χ0v) is 38.5. The molecule has 0 bridgehead atoms. The minimum atomic E-state index is -0.511. The molecule has 14 nitrogen and oxygen atoms in total. The number of rotatable bonds is 12. The number of imidazole rings is 1. The predicted octanol–water partition coefficient (Wildman–Crippen LogP) is 8.73. The number of allylic oxidation sites excluding steroid dienone is 1. The molecule has 2 fully saturated rings. The van der Waals surface area contributed by atoms with Gasteiger partial charge in [0.15, 0.2) is 17.5 Å².